The number of H-pyrrole nitrogens is 1. The van der Waals surface area contributed by atoms with Crippen molar-refractivity contribution in [3.05, 3.63) is 24.5 Å². The van der Waals surface area contributed by atoms with Crippen molar-refractivity contribution in [2.24, 2.45) is 5.92 Å². The second-order valence-corrected chi connectivity index (χ2v) is 5.59. The molecule has 22 heavy (non-hydrogen) atoms. The van der Waals surface area contributed by atoms with Crippen LogP contribution in [0.15, 0.2) is 24.5 Å². The molecule has 1 atom stereocenters. The first-order valence-electron chi connectivity index (χ1n) is 7.30. The average Bonchev–Trinajstić information content (AvgIpc) is 3.03. The Hall–Kier alpha value is -2.70. The third-order valence-corrected chi connectivity index (χ3v) is 4.26. The molecule has 1 saturated heterocycles. The predicted molar refractivity (Wildman–Crippen MR) is 81.8 cm³/mol. The maximum Gasteiger partial charge on any atom is 0.308 e. The summed E-state index contributed by atoms with van der Waals surface area (Å²) in [6, 6.07) is 3.89. The van der Waals surface area contributed by atoms with Gasteiger partial charge >= 0.3 is 5.97 Å². The van der Waals surface area contributed by atoms with E-state index in [9.17, 15) is 9.90 Å². The molecule has 0 radical (unpaired) electrons. The Bertz CT molecular complexity index is 859. The molecule has 4 rings (SSSR count). The predicted octanol–water partition coefficient (Wildman–Crippen LogP) is 1.81. The topological polar surface area (TPSA) is 95.0 Å². The quantitative estimate of drug-likeness (QED) is 0.749. The zero-order chi connectivity index (χ0) is 15.1. The molecule has 0 spiro atoms. The van der Waals surface area contributed by atoms with Crippen molar-refractivity contribution < 1.29 is 9.90 Å². The zero-order valence-electron chi connectivity index (χ0n) is 11.9. The van der Waals surface area contributed by atoms with Crippen LogP contribution < -0.4 is 4.90 Å². The molecule has 112 valence electrons. The molecule has 1 fully saturated rings. The van der Waals surface area contributed by atoms with E-state index < -0.39 is 5.97 Å². The molecule has 0 aromatic carbocycles. The molecule has 7 heteroatoms. The summed E-state index contributed by atoms with van der Waals surface area (Å²) in [6.45, 7) is 1.37. The van der Waals surface area contributed by atoms with Gasteiger partial charge in [0, 0.05) is 36.6 Å². The van der Waals surface area contributed by atoms with Gasteiger partial charge in [-0.3, -0.25) is 4.79 Å². The van der Waals surface area contributed by atoms with E-state index in [1.807, 2.05) is 18.3 Å². The standard InChI is InChI=1S/C15H15N5O2/c21-15(22)9-2-1-7-20(8-9)11-4-6-17-14-12(11)10-3-5-16-13(10)18-19-14/h3-6,9H,1-2,7-8H2,(H,17,19)(H,21,22). The van der Waals surface area contributed by atoms with Crippen LogP contribution in [-0.4, -0.2) is 44.3 Å². The van der Waals surface area contributed by atoms with Crippen LogP contribution in [0, 0.1) is 5.92 Å². The molecule has 1 aliphatic rings. The Morgan fingerprint density at radius 2 is 2.27 bits per heavy atom. The van der Waals surface area contributed by atoms with Crippen LogP contribution in [0.2, 0.25) is 0 Å². The van der Waals surface area contributed by atoms with Crippen molar-refractivity contribution in [1.82, 2.24) is 20.2 Å². The van der Waals surface area contributed by atoms with E-state index in [-0.39, 0.29) is 5.92 Å². The van der Waals surface area contributed by atoms with Crippen molar-refractivity contribution in [2.75, 3.05) is 18.0 Å². The van der Waals surface area contributed by atoms with Gasteiger partial charge in [0.1, 0.15) is 0 Å². The summed E-state index contributed by atoms with van der Waals surface area (Å²) in [6.07, 6.45) is 5.14. The lowest BCUT2D eigenvalue weighted by atomic mass is 9.97. The molecule has 1 aliphatic heterocycles. The third-order valence-electron chi connectivity index (χ3n) is 4.26. The van der Waals surface area contributed by atoms with Gasteiger partial charge in [-0.2, -0.15) is 0 Å². The largest absolute Gasteiger partial charge is 0.481 e. The van der Waals surface area contributed by atoms with Gasteiger partial charge in [-0.05, 0) is 25.0 Å². The van der Waals surface area contributed by atoms with Gasteiger partial charge in [0.2, 0.25) is 0 Å². The minimum Gasteiger partial charge on any atom is -0.481 e. The number of hydrogen-bond donors (Lipinski definition) is 2. The number of carboxylic acids is 1. The molecule has 7 nitrogen and oxygen atoms in total. The lowest BCUT2D eigenvalue weighted by Gasteiger charge is -2.33. The minimum absolute atomic E-state index is 0.323. The van der Waals surface area contributed by atoms with Crippen molar-refractivity contribution in [1.29, 1.82) is 0 Å². The van der Waals surface area contributed by atoms with E-state index >= 15 is 0 Å². The van der Waals surface area contributed by atoms with Crippen molar-refractivity contribution in [3.8, 4) is 0 Å². The highest BCUT2D eigenvalue weighted by Crippen LogP contribution is 2.32. The van der Waals surface area contributed by atoms with Crippen molar-refractivity contribution >= 4 is 33.7 Å². The van der Waals surface area contributed by atoms with Crippen molar-refractivity contribution in [2.45, 2.75) is 12.8 Å². The Labute approximate surface area is 126 Å². The molecule has 4 heterocycles. The van der Waals surface area contributed by atoms with Crippen LogP contribution in [0.3, 0.4) is 0 Å². The van der Waals surface area contributed by atoms with Gasteiger partial charge in [0.25, 0.3) is 0 Å². The first-order chi connectivity index (χ1) is 10.7. The van der Waals surface area contributed by atoms with Gasteiger partial charge in [-0.25, -0.2) is 4.98 Å². The molecule has 0 bridgehead atoms. The van der Waals surface area contributed by atoms with Crippen LogP contribution in [0.25, 0.3) is 22.1 Å². The van der Waals surface area contributed by atoms with E-state index in [4.69, 9.17) is 0 Å². The van der Waals surface area contributed by atoms with Crippen LogP contribution in [0.4, 0.5) is 5.69 Å². The third kappa shape index (κ3) is 1.97. The van der Waals surface area contributed by atoms with Gasteiger partial charge in [-0.15, -0.1) is 10.2 Å². The highest BCUT2D eigenvalue weighted by atomic mass is 16.4. The Kier molecular flexibility index (Phi) is 2.92. The smallest absolute Gasteiger partial charge is 0.308 e. The summed E-state index contributed by atoms with van der Waals surface area (Å²) >= 11 is 0. The number of pyridine rings is 1. The molecule has 0 amide bonds. The number of carboxylic acid groups (broad SMARTS) is 1. The number of carbonyl (C=O) groups is 1. The number of anilines is 1. The van der Waals surface area contributed by atoms with E-state index in [1.54, 1.807) is 6.20 Å². The SMILES string of the molecule is O=C(O)C1CCCN(c2cc[nH]c3nnc4nccc4c23)C1. The number of hydrogen-bond acceptors (Lipinski definition) is 5. The number of rotatable bonds is 2. The second kappa shape index (κ2) is 4.94. The molecule has 0 aliphatic carbocycles. The number of aliphatic carboxylic acids is 1. The van der Waals surface area contributed by atoms with Crippen LogP contribution in [-0.2, 0) is 4.79 Å². The van der Waals surface area contributed by atoms with E-state index in [2.05, 4.69) is 25.1 Å². The number of aromatic nitrogens is 4. The van der Waals surface area contributed by atoms with E-state index in [0.29, 0.717) is 17.8 Å². The fourth-order valence-electron chi connectivity index (χ4n) is 3.18. The molecule has 3 aromatic rings. The van der Waals surface area contributed by atoms with Gasteiger partial charge in [-0.1, -0.05) is 0 Å². The Morgan fingerprint density at radius 3 is 3.14 bits per heavy atom. The minimum atomic E-state index is -0.726. The summed E-state index contributed by atoms with van der Waals surface area (Å²) in [5, 5.41) is 19.5. The molecular weight excluding hydrogens is 282 g/mol. The lowest BCUT2D eigenvalue weighted by Crippen LogP contribution is -2.38. The van der Waals surface area contributed by atoms with E-state index in [0.717, 1.165) is 35.8 Å². The first-order valence-corrected chi connectivity index (χ1v) is 7.30. The maximum absolute atomic E-state index is 11.3. The second-order valence-electron chi connectivity index (χ2n) is 5.59. The number of fused-ring (bicyclic) bond motifs is 3. The normalized spacial score (nSPS) is 18.9. The number of nitrogens with one attached hydrogen (secondary N) is 1. The molecule has 3 aromatic heterocycles. The first kappa shape index (κ1) is 13.0. The molecule has 0 saturated carbocycles. The monoisotopic (exact) mass is 297 g/mol. The van der Waals surface area contributed by atoms with Gasteiger partial charge < -0.3 is 15.0 Å². The number of aromatic amines is 1. The highest BCUT2D eigenvalue weighted by molar-refractivity contribution is 6.08. The maximum atomic E-state index is 11.3. The Morgan fingerprint density at radius 1 is 1.36 bits per heavy atom. The highest BCUT2D eigenvalue weighted by Gasteiger charge is 2.27. The average molecular weight is 297 g/mol. The fraction of sp³-hybridized carbons (Fsp3) is 0.333. The van der Waals surface area contributed by atoms with Gasteiger partial charge in [0.05, 0.1) is 11.3 Å². The Balaban J connectivity index is 1.87. The summed E-state index contributed by atoms with van der Waals surface area (Å²) in [7, 11) is 0. The lowest BCUT2D eigenvalue weighted by molar-refractivity contribution is -0.141. The van der Waals surface area contributed by atoms with E-state index in [1.165, 1.54) is 0 Å². The molecular formula is C15H15N5O2. The van der Waals surface area contributed by atoms with Crippen molar-refractivity contribution in [3.63, 3.8) is 0 Å². The van der Waals surface area contributed by atoms with Gasteiger partial charge in [0.15, 0.2) is 11.3 Å². The zero-order valence-corrected chi connectivity index (χ0v) is 11.9. The van der Waals surface area contributed by atoms with Crippen LogP contribution in [0.5, 0.6) is 0 Å². The van der Waals surface area contributed by atoms with Crippen LogP contribution >= 0.6 is 0 Å². The fourth-order valence-corrected chi connectivity index (χ4v) is 3.18. The summed E-state index contributed by atoms with van der Waals surface area (Å²) < 4.78 is 0. The summed E-state index contributed by atoms with van der Waals surface area (Å²) in [4.78, 5) is 20.7. The van der Waals surface area contributed by atoms with Crippen LogP contribution in [0.1, 0.15) is 12.8 Å². The number of piperidine rings is 1. The molecule has 1 unspecified atom stereocenters. The summed E-state index contributed by atoms with van der Waals surface area (Å²) in [5.74, 6) is -1.05. The number of nitrogens with zero attached hydrogens (tertiary/aromatic N) is 4. The molecule has 2 N–H and O–H groups in total. The summed E-state index contributed by atoms with van der Waals surface area (Å²) in [5.41, 5.74) is 2.29.